The molecule has 1 atom stereocenters. The molecule has 0 radical (unpaired) electrons. The van der Waals surface area contributed by atoms with Crippen LogP contribution in [0.25, 0.3) is 10.2 Å². The number of halogens is 1. The quantitative estimate of drug-likeness (QED) is 0.538. The van der Waals surface area contributed by atoms with E-state index in [1.807, 2.05) is 42.1 Å². The van der Waals surface area contributed by atoms with Gasteiger partial charge in [-0.05, 0) is 29.8 Å². The van der Waals surface area contributed by atoms with Gasteiger partial charge in [0.05, 0.1) is 15.2 Å². The van der Waals surface area contributed by atoms with E-state index in [-0.39, 0.29) is 11.7 Å². The van der Waals surface area contributed by atoms with E-state index in [2.05, 4.69) is 15.3 Å². The molecular weight excluding hydrogens is 375 g/mol. The van der Waals surface area contributed by atoms with Gasteiger partial charge >= 0.3 is 0 Å². The number of fused-ring (bicyclic) bond motifs is 1. The van der Waals surface area contributed by atoms with Crippen LogP contribution in [0.2, 0.25) is 0 Å². The number of thiazole rings is 1. The predicted molar refractivity (Wildman–Crippen MR) is 108 cm³/mol. The molecular formula is C21H19FN4OS. The van der Waals surface area contributed by atoms with Gasteiger partial charge in [0.25, 0.3) is 0 Å². The van der Waals surface area contributed by atoms with Crippen molar-refractivity contribution in [2.24, 2.45) is 7.05 Å². The summed E-state index contributed by atoms with van der Waals surface area (Å²) in [4.78, 5) is 21.6. The van der Waals surface area contributed by atoms with Crippen LogP contribution in [0.4, 0.5) is 4.39 Å². The van der Waals surface area contributed by atoms with Gasteiger partial charge in [0.2, 0.25) is 5.91 Å². The highest BCUT2D eigenvalue weighted by Gasteiger charge is 2.21. The van der Waals surface area contributed by atoms with Crippen LogP contribution in [0.1, 0.15) is 28.9 Å². The van der Waals surface area contributed by atoms with Crippen LogP contribution in [-0.2, 0) is 18.3 Å². The van der Waals surface area contributed by atoms with Gasteiger partial charge in [0, 0.05) is 32.3 Å². The fourth-order valence-electron chi connectivity index (χ4n) is 3.09. The van der Waals surface area contributed by atoms with Gasteiger partial charge in [-0.2, -0.15) is 0 Å². The number of benzene rings is 2. The average molecular weight is 394 g/mol. The van der Waals surface area contributed by atoms with Crippen LogP contribution in [-0.4, -0.2) is 20.4 Å². The third-order valence-electron chi connectivity index (χ3n) is 4.53. The first-order valence-electron chi connectivity index (χ1n) is 8.96. The van der Waals surface area contributed by atoms with Gasteiger partial charge < -0.3 is 9.88 Å². The van der Waals surface area contributed by atoms with Crippen LogP contribution in [0, 0.1) is 5.82 Å². The standard InChI is InChI=1S/C21H19FN4OS/c1-26-13-12-23-21(26)20(14-6-8-15(22)9-7-14)25-18(27)10-11-19-24-16-4-2-3-5-17(16)28-19/h2-9,12-13,20H,10-11H2,1H3,(H,25,27)/t20-/m0/s1. The molecule has 0 spiro atoms. The summed E-state index contributed by atoms with van der Waals surface area (Å²) in [6, 6.07) is 13.6. The molecule has 0 aliphatic carbocycles. The van der Waals surface area contributed by atoms with E-state index in [1.165, 1.54) is 12.1 Å². The lowest BCUT2D eigenvalue weighted by molar-refractivity contribution is -0.121. The van der Waals surface area contributed by atoms with Crippen molar-refractivity contribution in [3.05, 3.63) is 83.1 Å². The Morgan fingerprint density at radius 3 is 2.71 bits per heavy atom. The van der Waals surface area contributed by atoms with Gasteiger partial charge in [0.15, 0.2) is 0 Å². The molecule has 0 saturated heterocycles. The number of rotatable bonds is 6. The zero-order valence-corrected chi connectivity index (χ0v) is 16.1. The number of nitrogens with one attached hydrogen (secondary N) is 1. The summed E-state index contributed by atoms with van der Waals surface area (Å²) in [6.45, 7) is 0. The van der Waals surface area contributed by atoms with Crippen LogP contribution < -0.4 is 5.32 Å². The monoisotopic (exact) mass is 394 g/mol. The highest BCUT2D eigenvalue weighted by molar-refractivity contribution is 7.18. The molecule has 0 bridgehead atoms. The zero-order valence-electron chi connectivity index (χ0n) is 15.3. The molecule has 0 aliphatic heterocycles. The minimum Gasteiger partial charge on any atom is -0.342 e. The van der Waals surface area contributed by atoms with E-state index in [9.17, 15) is 9.18 Å². The van der Waals surface area contributed by atoms with Gasteiger partial charge in [0.1, 0.15) is 17.7 Å². The van der Waals surface area contributed by atoms with Crippen LogP contribution in [0.3, 0.4) is 0 Å². The van der Waals surface area contributed by atoms with Crippen LogP contribution >= 0.6 is 11.3 Å². The maximum absolute atomic E-state index is 13.3. The van der Waals surface area contributed by atoms with Crippen LogP contribution in [0.15, 0.2) is 60.9 Å². The van der Waals surface area contributed by atoms with E-state index in [0.717, 1.165) is 20.8 Å². The number of imidazole rings is 1. The van der Waals surface area contributed by atoms with Crippen molar-refractivity contribution in [1.82, 2.24) is 19.9 Å². The molecule has 0 unspecified atom stereocenters. The first-order chi connectivity index (χ1) is 13.6. The second-order valence-corrected chi connectivity index (χ2v) is 7.64. The second-order valence-electron chi connectivity index (χ2n) is 6.52. The Labute approximate surface area is 165 Å². The van der Waals surface area contributed by atoms with Crippen LogP contribution in [0.5, 0.6) is 0 Å². The molecule has 2 aromatic heterocycles. The van der Waals surface area contributed by atoms with E-state index < -0.39 is 6.04 Å². The summed E-state index contributed by atoms with van der Waals surface area (Å²) < 4.78 is 16.3. The molecule has 1 N–H and O–H groups in total. The Morgan fingerprint density at radius 1 is 1.21 bits per heavy atom. The molecule has 0 aliphatic rings. The van der Waals surface area contributed by atoms with E-state index in [0.29, 0.717) is 18.7 Å². The number of carbonyl (C=O) groups excluding carboxylic acids is 1. The normalized spacial score (nSPS) is 12.2. The summed E-state index contributed by atoms with van der Waals surface area (Å²) in [7, 11) is 1.87. The minimum atomic E-state index is -0.441. The van der Waals surface area contributed by atoms with Crippen molar-refractivity contribution in [1.29, 1.82) is 0 Å². The van der Waals surface area contributed by atoms with E-state index >= 15 is 0 Å². The molecule has 1 amide bonds. The van der Waals surface area contributed by atoms with Gasteiger partial charge in [-0.15, -0.1) is 11.3 Å². The Balaban J connectivity index is 1.49. The molecule has 2 heterocycles. The molecule has 0 saturated carbocycles. The lowest BCUT2D eigenvalue weighted by atomic mass is 10.1. The van der Waals surface area contributed by atoms with E-state index in [4.69, 9.17) is 0 Å². The fraction of sp³-hybridized carbons (Fsp3) is 0.190. The third kappa shape index (κ3) is 3.94. The molecule has 28 heavy (non-hydrogen) atoms. The Kier molecular flexibility index (Phi) is 5.16. The van der Waals surface area contributed by atoms with Crippen molar-refractivity contribution in [2.45, 2.75) is 18.9 Å². The van der Waals surface area contributed by atoms with Gasteiger partial charge in [-0.3, -0.25) is 4.79 Å². The highest BCUT2D eigenvalue weighted by Crippen LogP contribution is 2.24. The molecule has 142 valence electrons. The number of amides is 1. The topological polar surface area (TPSA) is 59.8 Å². The summed E-state index contributed by atoms with van der Waals surface area (Å²) in [5.41, 5.74) is 1.74. The van der Waals surface area contributed by atoms with Crippen molar-refractivity contribution >= 4 is 27.5 Å². The molecule has 5 nitrogen and oxygen atoms in total. The lowest BCUT2D eigenvalue weighted by Crippen LogP contribution is -2.31. The molecule has 4 rings (SSSR count). The summed E-state index contributed by atoms with van der Waals surface area (Å²) >= 11 is 1.61. The number of aromatic nitrogens is 3. The zero-order chi connectivity index (χ0) is 19.5. The Morgan fingerprint density at radius 2 is 2.00 bits per heavy atom. The largest absolute Gasteiger partial charge is 0.342 e. The first-order valence-corrected chi connectivity index (χ1v) is 9.78. The second kappa shape index (κ2) is 7.90. The lowest BCUT2D eigenvalue weighted by Gasteiger charge is -2.19. The maximum Gasteiger partial charge on any atom is 0.221 e. The Hall–Kier alpha value is -3.06. The van der Waals surface area contributed by atoms with Crippen molar-refractivity contribution in [3.8, 4) is 0 Å². The molecule has 4 aromatic rings. The smallest absolute Gasteiger partial charge is 0.221 e. The molecule has 2 aromatic carbocycles. The van der Waals surface area contributed by atoms with Crippen molar-refractivity contribution in [2.75, 3.05) is 0 Å². The number of hydrogen-bond donors (Lipinski definition) is 1. The Bertz CT molecular complexity index is 1070. The highest BCUT2D eigenvalue weighted by atomic mass is 32.1. The minimum absolute atomic E-state index is 0.100. The van der Waals surface area contributed by atoms with Gasteiger partial charge in [-0.1, -0.05) is 24.3 Å². The number of nitrogens with zero attached hydrogens (tertiary/aromatic N) is 3. The fourth-order valence-corrected chi connectivity index (χ4v) is 4.05. The average Bonchev–Trinajstić information content (AvgIpc) is 3.31. The number of aryl methyl sites for hydroxylation is 2. The third-order valence-corrected chi connectivity index (χ3v) is 5.63. The number of hydrogen-bond acceptors (Lipinski definition) is 4. The summed E-state index contributed by atoms with van der Waals surface area (Å²) in [5.74, 6) is 0.279. The predicted octanol–water partition coefficient (Wildman–Crippen LogP) is 4.01. The molecule has 0 fully saturated rings. The molecule has 7 heteroatoms. The summed E-state index contributed by atoms with van der Waals surface area (Å²) in [5, 5.41) is 3.97. The number of carbonyl (C=O) groups is 1. The van der Waals surface area contributed by atoms with Gasteiger partial charge in [-0.25, -0.2) is 14.4 Å². The maximum atomic E-state index is 13.3. The van der Waals surface area contributed by atoms with Crippen molar-refractivity contribution in [3.63, 3.8) is 0 Å². The first kappa shape index (κ1) is 18.3. The number of para-hydroxylation sites is 1. The van der Waals surface area contributed by atoms with Crippen molar-refractivity contribution < 1.29 is 9.18 Å². The SMILES string of the molecule is Cn1ccnc1[C@@H](NC(=O)CCc1nc2ccccc2s1)c1ccc(F)cc1. The summed E-state index contributed by atoms with van der Waals surface area (Å²) in [6.07, 6.45) is 4.39. The van der Waals surface area contributed by atoms with E-state index in [1.54, 1.807) is 29.7 Å².